The molecular formula is C11H17F3N4O. The maximum atomic E-state index is 12.5. The monoisotopic (exact) mass is 278 g/mol. The SMILES string of the molecule is CC(C)(O)CN=CC(=C\N)/C(N)=C(/C=N)C(F)(F)F. The lowest BCUT2D eigenvalue weighted by Crippen LogP contribution is -2.23. The van der Waals surface area contributed by atoms with Gasteiger partial charge in [0.1, 0.15) is 0 Å². The van der Waals surface area contributed by atoms with Crippen molar-refractivity contribution in [3.8, 4) is 0 Å². The van der Waals surface area contributed by atoms with Gasteiger partial charge in [-0.25, -0.2) is 0 Å². The Hall–Kier alpha value is -1.83. The average Bonchev–Trinajstić information content (AvgIpc) is 2.21. The summed E-state index contributed by atoms with van der Waals surface area (Å²) in [6.45, 7) is 2.96. The van der Waals surface area contributed by atoms with Crippen LogP contribution in [0.3, 0.4) is 0 Å². The summed E-state index contributed by atoms with van der Waals surface area (Å²) in [6.07, 6.45) is -2.74. The maximum Gasteiger partial charge on any atom is 0.419 e. The molecule has 0 aromatic rings. The first-order chi connectivity index (χ1) is 8.53. The van der Waals surface area contributed by atoms with Crippen molar-refractivity contribution < 1.29 is 18.3 Å². The molecule has 0 aromatic carbocycles. The summed E-state index contributed by atoms with van der Waals surface area (Å²) >= 11 is 0. The second-order valence-corrected chi connectivity index (χ2v) is 4.37. The first-order valence-corrected chi connectivity index (χ1v) is 5.25. The Morgan fingerprint density at radius 2 is 1.89 bits per heavy atom. The highest BCUT2D eigenvalue weighted by molar-refractivity contribution is 5.89. The van der Waals surface area contributed by atoms with E-state index in [2.05, 4.69) is 4.99 Å². The smallest absolute Gasteiger partial charge is 0.404 e. The van der Waals surface area contributed by atoms with Crippen molar-refractivity contribution >= 4 is 12.4 Å². The Labute approximate surface area is 109 Å². The topological polar surface area (TPSA) is 108 Å². The van der Waals surface area contributed by atoms with Crippen LogP contribution in [0.5, 0.6) is 0 Å². The zero-order valence-electron chi connectivity index (χ0n) is 10.6. The number of aliphatic hydroxyl groups is 1. The second kappa shape index (κ2) is 6.37. The molecule has 0 unspecified atom stereocenters. The van der Waals surface area contributed by atoms with Crippen LogP contribution in [0.2, 0.25) is 0 Å². The summed E-state index contributed by atoms with van der Waals surface area (Å²) < 4.78 is 37.6. The lowest BCUT2D eigenvalue weighted by molar-refractivity contribution is -0.0863. The van der Waals surface area contributed by atoms with Crippen LogP contribution in [0, 0.1) is 5.41 Å². The van der Waals surface area contributed by atoms with Crippen molar-refractivity contribution in [1.29, 1.82) is 5.41 Å². The number of nitrogens with one attached hydrogen (secondary N) is 1. The van der Waals surface area contributed by atoms with E-state index in [1.54, 1.807) is 0 Å². The quantitative estimate of drug-likeness (QED) is 0.446. The number of hydrogen-bond donors (Lipinski definition) is 4. The van der Waals surface area contributed by atoms with Gasteiger partial charge in [0.05, 0.1) is 23.4 Å². The van der Waals surface area contributed by atoms with Crippen LogP contribution in [0.25, 0.3) is 0 Å². The Morgan fingerprint density at radius 3 is 2.21 bits per heavy atom. The van der Waals surface area contributed by atoms with Gasteiger partial charge in [-0.1, -0.05) is 0 Å². The molecule has 0 aromatic heterocycles. The molecule has 0 fully saturated rings. The molecule has 0 aliphatic heterocycles. The number of hydrogen-bond acceptors (Lipinski definition) is 5. The van der Waals surface area contributed by atoms with Gasteiger partial charge in [-0.15, -0.1) is 0 Å². The van der Waals surface area contributed by atoms with Gasteiger partial charge in [0.15, 0.2) is 0 Å². The van der Waals surface area contributed by atoms with Gasteiger partial charge in [-0.3, -0.25) is 4.99 Å². The van der Waals surface area contributed by atoms with E-state index in [0.717, 1.165) is 12.4 Å². The molecule has 0 saturated carbocycles. The van der Waals surface area contributed by atoms with Gasteiger partial charge in [-0.05, 0) is 13.8 Å². The molecular weight excluding hydrogens is 261 g/mol. The van der Waals surface area contributed by atoms with E-state index in [1.807, 2.05) is 0 Å². The number of rotatable bonds is 5. The first-order valence-electron chi connectivity index (χ1n) is 5.25. The molecule has 0 atom stereocenters. The molecule has 0 saturated heterocycles. The van der Waals surface area contributed by atoms with Gasteiger partial charge in [0.2, 0.25) is 0 Å². The summed E-state index contributed by atoms with van der Waals surface area (Å²) in [5.41, 5.74) is 7.25. The van der Waals surface area contributed by atoms with E-state index in [1.165, 1.54) is 13.8 Å². The first kappa shape index (κ1) is 17.2. The van der Waals surface area contributed by atoms with Crippen LogP contribution in [0.1, 0.15) is 13.8 Å². The summed E-state index contributed by atoms with van der Waals surface area (Å²) in [6, 6.07) is 0. The highest BCUT2D eigenvalue weighted by atomic mass is 19.4. The lowest BCUT2D eigenvalue weighted by Gasteiger charge is -2.14. The van der Waals surface area contributed by atoms with Crippen molar-refractivity contribution in [2.24, 2.45) is 16.5 Å². The van der Waals surface area contributed by atoms with E-state index in [-0.39, 0.29) is 18.3 Å². The third kappa shape index (κ3) is 6.05. The molecule has 0 radical (unpaired) electrons. The van der Waals surface area contributed by atoms with Crippen molar-refractivity contribution in [1.82, 2.24) is 0 Å². The minimum absolute atomic E-state index is 0.0242. The fourth-order valence-electron chi connectivity index (χ4n) is 1.04. The van der Waals surface area contributed by atoms with Crippen LogP contribution >= 0.6 is 0 Å². The Balaban J connectivity index is 5.29. The predicted molar refractivity (Wildman–Crippen MR) is 68.0 cm³/mol. The van der Waals surface area contributed by atoms with Gasteiger partial charge >= 0.3 is 6.18 Å². The molecule has 0 heterocycles. The Kier molecular flexibility index (Phi) is 5.76. The van der Waals surface area contributed by atoms with Crippen molar-refractivity contribution in [3.05, 3.63) is 23.0 Å². The summed E-state index contributed by atoms with van der Waals surface area (Å²) in [5, 5.41) is 16.2. The summed E-state index contributed by atoms with van der Waals surface area (Å²) in [7, 11) is 0. The van der Waals surface area contributed by atoms with Crippen molar-refractivity contribution in [3.63, 3.8) is 0 Å². The number of halogens is 3. The van der Waals surface area contributed by atoms with Gasteiger partial charge < -0.3 is 22.0 Å². The lowest BCUT2D eigenvalue weighted by atomic mass is 10.1. The minimum atomic E-state index is -4.75. The average molecular weight is 278 g/mol. The fraction of sp³-hybridized carbons (Fsp3) is 0.455. The number of nitrogens with two attached hydrogens (primary N) is 2. The zero-order valence-corrected chi connectivity index (χ0v) is 10.6. The van der Waals surface area contributed by atoms with Gasteiger partial charge in [-0.2, -0.15) is 13.2 Å². The summed E-state index contributed by atoms with van der Waals surface area (Å²) in [5.74, 6) is 0. The van der Waals surface area contributed by atoms with Crippen LogP contribution in [-0.4, -0.2) is 35.9 Å². The van der Waals surface area contributed by atoms with Gasteiger partial charge in [0, 0.05) is 24.2 Å². The Morgan fingerprint density at radius 1 is 1.37 bits per heavy atom. The predicted octanol–water partition coefficient (Wildman–Crippen LogP) is 1.10. The standard InChI is InChI=1S/C11H17F3N4O/c1-10(2,19)6-18-5-7(3-15)9(17)8(4-16)11(12,13)14/h3-5,16,19H,6,15,17H2,1-2H3/b7-3+,9-8+,16-4?,18-5?. The summed E-state index contributed by atoms with van der Waals surface area (Å²) in [4.78, 5) is 3.75. The number of aliphatic imine (C=N–C) groups is 1. The Bertz CT molecular complexity index is 417. The molecule has 0 amide bonds. The normalized spacial score (nSPS) is 15.6. The van der Waals surface area contributed by atoms with Crippen LogP contribution in [0.15, 0.2) is 28.0 Å². The third-order valence-corrected chi connectivity index (χ3v) is 1.94. The zero-order chi connectivity index (χ0) is 15.3. The second-order valence-electron chi connectivity index (χ2n) is 4.37. The minimum Gasteiger partial charge on any atom is -0.404 e. The maximum absolute atomic E-state index is 12.5. The highest BCUT2D eigenvalue weighted by Crippen LogP contribution is 2.27. The molecule has 0 aliphatic rings. The molecule has 6 N–H and O–H groups in total. The van der Waals surface area contributed by atoms with E-state index >= 15 is 0 Å². The van der Waals surface area contributed by atoms with Crippen molar-refractivity contribution in [2.75, 3.05) is 6.54 Å². The fourth-order valence-corrected chi connectivity index (χ4v) is 1.04. The molecule has 5 nitrogen and oxygen atoms in total. The van der Waals surface area contributed by atoms with E-state index in [9.17, 15) is 18.3 Å². The number of allylic oxidation sites excluding steroid dienone is 2. The molecule has 108 valence electrons. The molecule has 0 rings (SSSR count). The number of nitrogens with zero attached hydrogens (tertiary/aromatic N) is 1. The molecule has 0 spiro atoms. The van der Waals surface area contributed by atoms with Crippen LogP contribution < -0.4 is 11.5 Å². The van der Waals surface area contributed by atoms with Crippen molar-refractivity contribution in [2.45, 2.75) is 25.6 Å². The van der Waals surface area contributed by atoms with Gasteiger partial charge in [0.25, 0.3) is 0 Å². The molecule has 8 heteroatoms. The van der Waals surface area contributed by atoms with E-state index in [4.69, 9.17) is 16.9 Å². The number of alkyl halides is 3. The van der Waals surface area contributed by atoms with Crippen LogP contribution in [-0.2, 0) is 0 Å². The van der Waals surface area contributed by atoms with E-state index < -0.39 is 23.0 Å². The molecule has 0 aliphatic carbocycles. The highest BCUT2D eigenvalue weighted by Gasteiger charge is 2.35. The van der Waals surface area contributed by atoms with E-state index in [0.29, 0.717) is 0 Å². The molecule has 19 heavy (non-hydrogen) atoms. The molecule has 0 bridgehead atoms. The largest absolute Gasteiger partial charge is 0.419 e. The van der Waals surface area contributed by atoms with Crippen LogP contribution in [0.4, 0.5) is 13.2 Å². The third-order valence-electron chi connectivity index (χ3n) is 1.94.